The first-order chi connectivity index (χ1) is 11.9. The Morgan fingerprint density at radius 3 is 2.56 bits per heavy atom. The Morgan fingerprint density at radius 1 is 1.24 bits per heavy atom. The van der Waals surface area contributed by atoms with Gasteiger partial charge in [0.25, 0.3) is 0 Å². The van der Waals surface area contributed by atoms with E-state index in [0.29, 0.717) is 18.2 Å². The van der Waals surface area contributed by atoms with Gasteiger partial charge in [0.15, 0.2) is 0 Å². The van der Waals surface area contributed by atoms with E-state index in [9.17, 15) is 9.59 Å². The Morgan fingerprint density at radius 2 is 1.92 bits per heavy atom. The minimum absolute atomic E-state index is 0.0477. The van der Waals surface area contributed by atoms with Crippen LogP contribution in [0.1, 0.15) is 36.8 Å². The number of amides is 2. The first-order valence-corrected chi connectivity index (χ1v) is 9.56. The van der Waals surface area contributed by atoms with Crippen molar-refractivity contribution in [1.82, 2.24) is 5.32 Å². The lowest BCUT2D eigenvalue weighted by Gasteiger charge is -2.28. The van der Waals surface area contributed by atoms with Gasteiger partial charge >= 0.3 is 0 Å². The molecule has 0 unspecified atom stereocenters. The molecule has 5 nitrogen and oxygen atoms in total. The van der Waals surface area contributed by atoms with E-state index < -0.39 is 6.04 Å². The molecule has 4 N–H and O–H groups in total. The third kappa shape index (κ3) is 5.47. The van der Waals surface area contributed by atoms with Crippen LogP contribution in [0.5, 0.6) is 0 Å². The number of hydrogen-bond acceptors (Lipinski definition) is 4. The van der Waals surface area contributed by atoms with Gasteiger partial charge in [0.1, 0.15) is 0 Å². The van der Waals surface area contributed by atoms with Crippen LogP contribution in [-0.4, -0.2) is 30.2 Å². The van der Waals surface area contributed by atoms with E-state index in [2.05, 4.69) is 23.3 Å². The zero-order chi connectivity index (χ0) is 18.4. The van der Waals surface area contributed by atoms with Gasteiger partial charge in [-0.05, 0) is 62.6 Å². The molecule has 0 aliphatic heterocycles. The highest BCUT2D eigenvalue weighted by molar-refractivity contribution is 7.80. The largest absolute Gasteiger partial charge is 0.354 e. The second-order valence-corrected chi connectivity index (χ2v) is 7.35. The summed E-state index contributed by atoms with van der Waals surface area (Å²) in [4.78, 5) is 24.2. The van der Waals surface area contributed by atoms with Gasteiger partial charge in [-0.2, -0.15) is 12.6 Å². The third-order valence-electron chi connectivity index (χ3n) is 5.18. The molecule has 1 aromatic carbocycles. The number of aryl methyl sites for hydroxylation is 1. The molecule has 0 saturated heterocycles. The summed E-state index contributed by atoms with van der Waals surface area (Å²) < 4.78 is 0. The van der Waals surface area contributed by atoms with E-state index >= 15 is 0 Å². The minimum atomic E-state index is -0.553. The lowest BCUT2D eigenvalue weighted by atomic mass is 9.81. The Balaban J connectivity index is 1.78. The summed E-state index contributed by atoms with van der Waals surface area (Å²) in [6.45, 7) is 4.70. The summed E-state index contributed by atoms with van der Waals surface area (Å²) in [5, 5.41) is 5.96. The topological polar surface area (TPSA) is 84.2 Å². The van der Waals surface area contributed by atoms with Crippen LogP contribution in [-0.2, 0) is 9.59 Å². The fourth-order valence-electron chi connectivity index (χ4n) is 3.21. The van der Waals surface area contributed by atoms with E-state index in [1.54, 1.807) is 0 Å². The molecule has 25 heavy (non-hydrogen) atoms. The second kappa shape index (κ2) is 9.25. The molecule has 1 atom stereocenters. The number of rotatable bonds is 6. The molecule has 1 fully saturated rings. The summed E-state index contributed by atoms with van der Waals surface area (Å²) in [6.07, 6.45) is 3.61. The monoisotopic (exact) mass is 363 g/mol. The van der Waals surface area contributed by atoms with E-state index in [1.807, 2.05) is 32.0 Å². The maximum atomic E-state index is 12.5. The van der Waals surface area contributed by atoms with Gasteiger partial charge in [-0.3, -0.25) is 9.59 Å². The number of carbonyl (C=O) groups is 2. The molecule has 0 spiro atoms. The maximum absolute atomic E-state index is 12.5. The van der Waals surface area contributed by atoms with Crippen molar-refractivity contribution in [2.45, 2.75) is 45.6 Å². The van der Waals surface area contributed by atoms with Crippen molar-refractivity contribution < 1.29 is 9.59 Å². The number of benzene rings is 1. The number of nitrogens with two attached hydrogens (primary N) is 1. The van der Waals surface area contributed by atoms with Crippen LogP contribution >= 0.6 is 12.6 Å². The van der Waals surface area contributed by atoms with Crippen molar-refractivity contribution in [3.63, 3.8) is 0 Å². The summed E-state index contributed by atoms with van der Waals surface area (Å²) in [5.74, 6) is 0.766. The molecule has 1 aliphatic rings. The molecule has 1 aromatic rings. The van der Waals surface area contributed by atoms with Gasteiger partial charge < -0.3 is 16.4 Å². The number of anilines is 1. The van der Waals surface area contributed by atoms with Crippen molar-refractivity contribution in [2.24, 2.45) is 17.6 Å². The highest BCUT2D eigenvalue weighted by atomic mass is 32.1. The van der Waals surface area contributed by atoms with Crippen LogP contribution in [0.15, 0.2) is 18.2 Å². The molecular formula is C19H29N3O2S. The Kier molecular flexibility index (Phi) is 7.32. The van der Waals surface area contributed by atoms with Crippen LogP contribution in [0.4, 0.5) is 5.69 Å². The van der Waals surface area contributed by atoms with Gasteiger partial charge in [-0.1, -0.05) is 12.1 Å². The zero-order valence-electron chi connectivity index (χ0n) is 15.0. The predicted octanol–water partition coefficient (Wildman–Crippen LogP) is 2.42. The number of hydrogen-bond donors (Lipinski definition) is 4. The molecule has 2 rings (SSSR count). The molecule has 0 aromatic heterocycles. The van der Waals surface area contributed by atoms with Crippen molar-refractivity contribution in [3.05, 3.63) is 29.3 Å². The van der Waals surface area contributed by atoms with Crippen LogP contribution in [0.2, 0.25) is 0 Å². The quantitative estimate of drug-likeness (QED) is 0.586. The van der Waals surface area contributed by atoms with Gasteiger partial charge in [0, 0.05) is 23.9 Å². The fourth-order valence-corrected chi connectivity index (χ4v) is 3.37. The van der Waals surface area contributed by atoms with E-state index in [4.69, 9.17) is 5.73 Å². The highest BCUT2D eigenvalue weighted by Gasteiger charge is 2.27. The van der Waals surface area contributed by atoms with Crippen molar-refractivity contribution >= 4 is 30.1 Å². The van der Waals surface area contributed by atoms with Crippen LogP contribution in [0.25, 0.3) is 0 Å². The standard InChI is InChI=1S/C19H29N3O2S/c1-12-4-3-5-17(13(12)2)22-18(23)15-8-6-14(7-9-15)10-21-19(24)16(20)11-25/h3-5,14-16,25H,6-11,20H2,1-2H3,(H,21,24)(H,22,23)/t14?,15?,16-/m0/s1. The molecular weight excluding hydrogens is 334 g/mol. The van der Waals surface area contributed by atoms with Crippen LogP contribution in [0.3, 0.4) is 0 Å². The van der Waals surface area contributed by atoms with Crippen molar-refractivity contribution in [2.75, 3.05) is 17.6 Å². The predicted molar refractivity (Wildman–Crippen MR) is 105 cm³/mol. The SMILES string of the molecule is Cc1cccc(NC(=O)C2CCC(CNC(=O)[C@@H](N)CS)CC2)c1C. The molecule has 0 radical (unpaired) electrons. The highest BCUT2D eigenvalue weighted by Crippen LogP contribution is 2.30. The molecule has 138 valence electrons. The Bertz CT molecular complexity index is 613. The summed E-state index contributed by atoms with van der Waals surface area (Å²) in [7, 11) is 0. The maximum Gasteiger partial charge on any atom is 0.237 e. The van der Waals surface area contributed by atoms with Crippen LogP contribution < -0.4 is 16.4 Å². The number of nitrogens with one attached hydrogen (secondary N) is 2. The summed E-state index contributed by atoms with van der Waals surface area (Å²) in [5.41, 5.74) is 8.85. The number of carbonyl (C=O) groups excluding carboxylic acids is 2. The molecule has 0 bridgehead atoms. The first-order valence-electron chi connectivity index (χ1n) is 8.93. The normalized spacial score (nSPS) is 21.4. The lowest BCUT2D eigenvalue weighted by Crippen LogP contribution is -2.44. The first kappa shape index (κ1) is 19.8. The lowest BCUT2D eigenvalue weighted by molar-refractivity contribution is -0.123. The molecule has 0 heterocycles. The number of thiol groups is 1. The minimum Gasteiger partial charge on any atom is -0.354 e. The molecule has 1 saturated carbocycles. The summed E-state index contributed by atoms with van der Waals surface area (Å²) >= 11 is 4.03. The Labute approximate surface area is 155 Å². The van der Waals surface area contributed by atoms with Gasteiger partial charge in [0.2, 0.25) is 11.8 Å². The molecule has 1 aliphatic carbocycles. The van der Waals surface area contributed by atoms with E-state index in [1.165, 1.54) is 5.56 Å². The smallest absolute Gasteiger partial charge is 0.237 e. The van der Waals surface area contributed by atoms with Crippen LogP contribution in [0, 0.1) is 25.7 Å². The third-order valence-corrected chi connectivity index (χ3v) is 5.57. The fraction of sp³-hybridized carbons (Fsp3) is 0.579. The second-order valence-electron chi connectivity index (χ2n) is 6.99. The molecule has 2 amide bonds. The zero-order valence-corrected chi connectivity index (χ0v) is 15.9. The van der Waals surface area contributed by atoms with Gasteiger partial charge in [-0.15, -0.1) is 0 Å². The Hall–Kier alpha value is -1.53. The average Bonchev–Trinajstić information content (AvgIpc) is 2.63. The van der Waals surface area contributed by atoms with E-state index in [-0.39, 0.29) is 17.7 Å². The van der Waals surface area contributed by atoms with Crippen molar-refractivity contribution in [1.29, 1.82) is 0 Å². The van der Waals surface area contributed by atoms with Gasteiger partial charge in [0.05, 0.1) is 6.04 Å². The average molecular weight is 364 g/mol. The van der Waals surface area contributed by atoms with E-state index in [0.717, 1.165) is 36.9 Å². The van der Waals surface area contributed by atoms with Crippen molar-refractivity contribution in [3.8, 4) is 0 Å². The van der Waals surface area contributed by atoms with Gasteiger partial charge in [-0.25, -0.2) is 0 Å². The summed E-state index contributed by atoms with van der Waals surface area (Å²) in [6, 6.07) is 5.41. The molecule has 6 heteroatoms.